The molecule has 39 heavy (non-hydrogen) atoms. The molecule has 0 aromatic heterocycles. The van der Waals surface area contributed by atoms with Crippen molar-refractivity contribution < 1.29 is 22.4 Å². The highest BCUT2D eigenvalue weighted by Crippen LogP contribution is 2.28. The topological polar surface area (TPSA) is 86.8 Å². The molecule has 7 nitrogen and oxygen atoms in total. The van der Waals surface area contributed by atoms with Crippen molar-refractivity contribution in [3.8, 4) is 0 Å². The Hall–Kier alpha value is -3.72. The Morgan fingerprint density at radius 2 is 1.62 bits per heavy atom. The molecule has 0 bridgehead atoms. The fraction of sp³-hybridized carbons (Fsp3) is 0.333. The van der Waals surface area contributed by atoms with Gasteiger partial charge in [0, 0.05) is 13.1 Å². The van der Waals surface area contributed by atoms with Crippen molar-refractivity contribution in [2.75, 3.05) is 17.4 Å². The van der Waals surface area contributed by atoms with Crippen LogP contribution in [0.1, 0.15) is 43.4 Å². The van der Waals surface area contributed by atoms with E-state index in [1.807, 2.05) is 26.0 Å². The molecular weight excluding hydrogens is 517 g/mol. The van der Waals surface area contributed by atoms with E-state index >= 15 is 0 Å². The summed E-state index contributed by atoms with van der Waals surface area (Å²) in [6.07, 6.45) is 1.04. The summed E-state index contributed by atoms with van der Waals surface area (Å²) in [4.78, 5) is 28.6. The van der Waals surface area contributed by atoms with Gasteiger partial charge in [0.1, 0.15) is 18.4 Å². The number of benzene rings is 3. The Balaban J connectivity index is 2.07. The molecule has 3 rings (SSSR count). The Morgan fingerprint density at radius 1 is 0.949 bits per heavy atom. The van der Waals surface area contributed by atoms with Crippen LogP contribution in [0.5, 0.6) is 0 Å². The first-order chi connectivity index (χ1) is 18.6. The molecule has 0 fully saturated rings. The highest BCUT2D eigenvalue weighted by molar-refractivity contribution is 7.92. The van der Waals surface area contributed by atoms with Gasteiger partial charge >= 0.3 is 0 Å². The maximum absolute atomic E-state index is 14.0. The van der Waals surface area contributed by atoms with Crippen LogP contribution in [0.3, 0.4) is 0 Å². The molecule has 208 valence electrons. The normalized spacial score (nSPS) is 12.0. The summed E-state index contributed by atoms with van der Waals surface area (Å²) in [5.41, 5.74) is 2.53. The van der Waals surface area contributed by atoms with Crippen LogP contribution in [0.25, 0.3) is 0 Å². The third kappa shape index (κ3) is 7.44. The third-order valence-electron chi connectivity index (χ3n) is 6.44. The Bertz CT molecular complexity index is 1380. The van der Waals surface area contributed by atoms with Crippen LogP contribution >= 0.6 is 0 Å². The first kappa shape index (κ1) is 29.8. The van der Waals surface area contributed by atoms with Crippen molar-refractivity contribution in [1.29, 1.82) is 0 Å². The molecule has 1 N–H and O–H groups in total. The Morgan fingerprint density at radius 3 is 2.23 bits per heavy atom. The largest absolute Gasteiger partial charge is 0.354 e. The summed E-state index contributed by atoms with van der Waals surface area (Å²) in [6.45, 7) is 7.32. The van der Waals surface area contributed by atoms with Crippen LogP contribution in [0.2, 0.25) is 0 Å². The minimum Gasteiger partial charge on any atom is -0.354 e. The van der Waals surface area contributed by atoms with Crippen molar-refractivity contribution in [2.45, 2.75) is 58.0 Å². The number of amides is 2. The molecule has 0 radical (unpaired) electrons. The van der Waals surface area contributed by atoms with Gasteiger partial charge in [-0.25, -0.2) is 12.8 Å². The summed E-state index contributed by atoms with van der Waals surface area (Å²) in [5.74, 6) is -1.28. The van der Waals surface area contributed by atoms with Gasteiger partial charge in [-0.05, 0) is 73.7 Å². The highest BCUT2D eigenvalue weighted by Gasteiger charge is 2.34. The molecule has 0 aliphatic rings. The van der Waals surface area contributed by atoms with E-state index in [2.05, 4.69) is 5.32 Å². The van der Waals surface area contributed by atoms with Crippen LogP contribution in [-0.2, 0) is 26.2 Å². The smallest absolute Gasteiger partial charge is 0.264 e. The number of aryl methyl sites for hydroxylation is 2. The molecule has 0 saturated heterocycles. The maximum atomic E-state index is 14.0. The van der Waals surface area contributed by atoms with Gasteiger partial charge in [-0.3, -0.25) is 13.9 Å². The van der Waals surface area contributed by atoms with Crippen molar-refractivity contribution >= 4 is 27.5 Å². The lowest BCUT2D eigenvalue weighted by molar-refractivity contribution is -0.140. The first-order valence-electron chi connectivity index (χ1n) is 13.0. The van der Waals surface area contributed by atoms with Crippen LogP contribution in [0, 0.1) is 19.7 Å². The van der Waals surface area contributed by atoms with Gasteiger partial charge in [-0.15, -0.1) is 0 Å². The number of nitrogens with zero attached hydrogens (tertiary/aromatic N) is 2. The van der Waals surface area contributed by atoms with Gasteiger partial charge in [0.05, 0.1) is 10.6 Å². The van der Waals surface area contributed by atoms with Crippen LogP contribution in [0.15, 0.2) is 77.7 Å². The molecule has 0 heterocycles. The SMILES string of the molecule is CCCNC(=O)[C@@H](CC)N(Cc1ccc(F)cc1)C(=O)CN(c1cc(C)ccc1C)S(=O)(=O)c1ccccc1. The number of carbonyl (C=O) groups excluding carboxylic acids is 2. The maximum Gasteiger partial charge on any atom is 0.264 e. The van der Waals surface area contributed by atoms with Gasteiger partial charge in [-0.1, -0.05) is 56.3 Å². The second-order valence-electron chi connectivity index (χ2n) is 9.48. The summed E-state index contributed by atoms with van der Waals surface area (Å²) < 4.78 is 42.5. The number of hydrogen-bond donors (Lipinski definition) is 1. The van der Waals surface area contributed by atoms with E-state index in [4.69, 9.17) is 0 Å². The number of nitrogens with one attached hydrogen (secondary N) is 1. The second-order valence-corrected chi connectivity index (χ2v) is 11.3. The lowest BCUT2D eigenvalue weighted by Gasteiger charge is -2.33. The second kappa shape index (κ2) is 13.4. The van der Waals surface area contributed by atoms with Gasteiger partial charge in [0.25, 0.3) is 10.0 Å². The molecule has 3 aromatic carbocycles. The summed E-state index contributed by atoms with van der Waals surface area (Å²) in [7, 11) is -4.13. The fourth-order valence-corrected chi connectivity index (χ4v) is 5.78. The molecule has 1 atom stereocenters. The summed E-state index contributed by atoms with van der Waals surface area (Å²) in [6, 6.07) is 18.2. The predicted molar refractivity (Wildman–Crippen MR) is 151 cm³/mol. The number of carbonyl (C=O) groups is 2. The van der Waals surface area contributed by atoms with Gasteiger partial charge in [0.15, 0.2) is 0 Å². The fourth-order valence-electron chi connectivity index (χ4n) is 4.29. The molecule has 0 spiro atoms. The van der Waals surface area contributed by atoms with E-state index in [1.165, 1.54) is 29.2 Å². The van der Waals surface area contributed by atoms with Crippen molar-refractivity contribution in [3.63, 3.8) is 0 Å². The van der Waals surface area contributed by atoms with Crippen LogP contribution < -0.4 is 9.62 Å². The quantitative estimate of drug-likeness (QED) is 0.343. The predicted octanol–water partition coefficient (Wildman–Crippen LogP) is 4.97. The Kier molecular flexibility index (Phi) is 10.2. The molecule has 0 aliphatic heterocycles. The molecule has 9 heteroatoms. The number of anilines is 1. The van der Waals surface area contributed by atoms with Crippen molar-refractivity contribution in [1.82, 2.24) is 10.2 Å². The average Bonchev–Trinajstić information content (AvgIpc) is 2.93. The first-order valence-corrected chi connectivity index (χ1v) is 14.5. The molecule has 0 aliphatic carbocycles. The van der Waals surface area contributed by atoms with E-state index in [0.717, 1.165) is 16.3 Å². The van der Waals surface area contributed by atoms with E-state index in [9.17, 15) is 22.4 Å². The number of halogens is 1. The van der Waals surface area contributed by atoms with E-state index < -0.39 is 34.3 Å². The van der Waals surface area contributed by atoms with Crippen molar-refractivity contribution in [2.24, 2.45) is 0 Å². The monoisotopic (exact) mass is 553 g/mol. The average molecular weight is 554 g/mol. The zero-order valence-electron chi connectivity index (χ0n) is 22.9. The van der Waals surface area contributed by atoms with Gasteiger partial charge in [-0.2, -0.15) is 0 Å². The number of sulfonamides is 1. The lowest BCUT2D eigenvalue weighted by atomic mass is 10.1. The minimum atomic E-state index is -4.13. The van der Waals surface area contributed by atoms with E-state index in [-0.39, 0.29) is 17.3 Å². The molecule has 3 aromatic rings. The van der Waals surface area contributed by atoms with Crippen LogP contribution in [0.4, 0.5) is 10.1 Å². The highest BCUT2D eigenvalue weighted by atomic mass is 32.2. The minimum absolute atomic E-state index is 0.0171. The number of hydrogen-bond acceptors (Lipinski definition) is 4. The van der Waals surface area contributed by atoms with Crippen LogP contribution in [-0.4, -0.2) is 44.3 Å². The van der Waals surface area contributed by atoms with Crippen molar-refractivity contribution in [3.05, 3.63) is 95.3 Å². The van der Waals surface area contributed by atoms with E-state index in [0.29, 0.717) is 29.8 Å². The molecular formula is C30H36FN3O4S. The third-order valence-corrected chi connectivity index (χ3v) is 8.22. The van der Waals surface area contributed by atoms with E-state index in [1.54, 1.807) is 50.2 Å². The number of rotatable bonds is 12. The molecule has 0 unspecified atom stereocenters. The summed E-state index contributed by atoms with van der Waals surface area (Å²) in [5, 5.41) is 2.85. The Labute approximate surface area is 230 Å². The molecule has 2 amide bonds. The van der Waals surface area contributed by atoms with Gasteiger partial charge < -0.3 is 10.2 Å². The zero-order chi connectivity index (χ0) is 28.6. The molecule has 0 saturated carbocycles. The van der Waals surface area contributed by atoms with Gasteiger partial charge in [0.2, 0.25) is 11.8 Å². The standard InChI is InChI=1S/C30H36FN3O4S/c1-5-18-32-30(36)27(6-2)33(20-24-14-16-25(31)17-15-24)29(35)21-34(28-19-22(3)12-13-23(28)4)39(37,38)26-10-8-7-9-11-26/h7-17,19,27H,5-6,18,20-21H2,1-4H3,(H,32,36)/t27-/m1/s1. The zero-order valence-corrected chi connectivity index (χ0v) is 23.7. The lowest BCUT2D eigenvalue weighted by Crippen LogP contribution is -2.52. The summed E-state index contributed by atoms with van der Waals surface area (Å²) >= 11 is 0.